The first kappa shape index (κ1) is 12.9. The van der Waals surface area contributed by atoms with E-state index in [-0.39, 0.29) is 11.5 Å². The van der Waals surface area contributed by atoms with E-state index in [4.69, 9.17) is 23.2 Å². The van der Waals surface area contributed by atoms with Crippen molar-refractivity contribution in [1.29, 1.82) is 0 Å². The van der Waals surface area contributed by atoms with Crippen LogP contribution < -0.4 is 5.32 Å². The topological polar surface area (TPSA) is 52.5 Å². The zero-order valence-electron chi connectivity index (χ0n) is 9.32. The third-order valence-corrected chi connectivity index (χ3v) is 3.12. The molecular weight excluding hydrogens is 273 g/mol. The van der Waals surface area contributed by atoms with Gasteiger partial charge in [-0.05, 0) is 24.3 Å². The Morgan fingerprint density at radius 2 is 1.67 bits per heavy atom. The van der Waals surface area contributed by atoms with Gasteiger partial charge in [-0.15, -0.1) is 0 Å². The van der Waals surface area contributed by atoms with Gasteiger partial charge >= 0.3 is 0 Å². The van der Waals surface area contributed by atoms with Crippen molar-refractivity contribution in [3.63, 3.8) is 0 Å². The van der Waals surface area contributed by atoms with E-state index in [0.717, 1.165) is 0 Å². The van der Waals surface area contributed by atoms with Crippen LogP contribution in [0, 0.1) is 0 Å². The zero-order chi connectivity index (χ0) is 13.1. The van der Waals surface area contributed by atoms with Crippen molar-refractivity contribution in [1.82, 2.24) is 0 Å². The zero-order valence-corrected chi connectivity index (χ0v) is 10.8. The molecule has 5 heteroatoms. The van der Waals surface area contributed by atoms with Crippen LogP contribution in [0.3, 0.4) is 0 Å². The summed E-state index contributed by atoms with van der Waals surface area (Å²) in [5.41, 5.74) is 1.26. The minimum atomic E-state index is 0.0191. The van der Waals surface area contributed by atoms with E-state index in [1.54, 1.807) is 24.3 Å². The van der Waals surface area contributed by atoms with Crippen LogP contribution >= 0.6 is 23.2 Å². The molecule has 0 amide bonds. The minimum Gasteiger partial charge on any atom is -0.508 e. The normalized spacial score (nSPS) is 10.3. The first-order chi connectivity index (χ1) is 8.58. The summed E-state index contributed by atoms with van der Waals surface area (Å²) in [7, 11) is 0. The number of phenolic OH excluding ortho intramolecular Hbond substituents is 2. The second-order valence-corrected chi connectivity index (χ2v) is 4.58. The molecule has 0 unspecified atom stereocenters. The molecule has 0 aliphatic rings. The molecule has 0 aromatic heterocycles. The van der Waals surface area contributed by atoms with Crippen LogP contribution in [0.25, 0.3) is 0 Å². The fraction of sp³-hybridized carbons (Fsp3) is 0.0769. The van der Waals surface area contributed by atoms with Crippen LogP contribution in [-0.4, -0.2) is 10.2 Å². The van der Waals surface area contributed by atoms with Crippen LogP contribution in [-0.2, 0) is 6.54 Å². The van der Waals surface area contributed by atoms with Crippen molar-refractivity contribution in [3.05, 3.63) is 52.0 Å². The second kappa shape index (κ2) is 5.38. The van der Waals surface area contributed by atoms with Gasteiger partial charge in [0.15, 0.2) is 0 Å². The molecule has 0 bridgehead atoms. The molecular formula is C13H11Cl2NO2. The van der Waals surface area contributed by atoms with Crippen molar-refractivity contribution in [2.24, 2.45) is 0 Å². The second-order valence-electron chi connectivity index (χ2n) is 3.76. The van der Waals surface area contributed by atoms with Crippen molar-refractivity contribution in [2.75, 3.05) is 5.32 Å². The van der Waals surface area contributed by atoms with Crippen LogP contribution in [0.15, 0.2) is 36.4 Å². The maximum absolute atomic E-state index is 9.64. The van der Waals surface area contributed by atoms with Gasteiger partial charge in [0, 0.05) is 18.2 Å². The highest BCUT2D eigenvalue weighted by atomic mass is 35.5. The lowest BCUT2D eigenvalue weighted by Crippen LogP contribution is -2.00. The number of hydrogen-bond acceptors (Lipinski definition) is 3. The number of aromatic hydroxyl groups is 2. The highest BCUT2D eigenvalue weighted by molar-refractivity contribution is 6.39. The largest absolute Gasteiger partial charge is 0.508 e. The average molecular weight is 284 g/mol. The SMILES string of the molecule is Oc1ccc(CNc2c(Cl)cccc2Cl)c(O)c1. The summed E-state index contributed by atoms with van der Waals surface area (Å²) < 4.78 is 0. The van der Waals surface area contributed by atoms with Crippen LogP contribution in [0.2, 0.25) is 10.0 Å². The molecule has 3 nitrogen and oxygen atoms in total. The minimum absolute atomic E-state index is 0.0191. The molecule has 0 spiro atoms. The quantitative estimate of drug-likeness (QED) is 0.798. The van der Waals surface area contributed by atoms with Crippen LogP contribution in [0.5, 0.6) is 11.5 Å². The van der Waals surface area contributed by atoms with Gasteiger partial charge in [-0.2, -0.15) is 0 Å². The number of nitrogens with one attached hydrogen (secondary N) is 1. The Labute approximate surface area is 115 Å². The van der Waals surface area contributed by atoms with Crippen molar-refractivity contribution in [3.8, 4) is 11.5 Å². The molecule has 2 aromatic carbocycles. The molecule has 0 aliphatic carbocycles. The molecule has 0 saturated heterocycles. The number of anilines is 1. The van der Waals surface area contributed by atoms with Gasteiger partial charge in [-0.25, -0.2) is 0 Å². The molecule has 0 saturated carbocycles. The first-order valence-electron chi connectivity index (χ1n) is 5.26. The Hall–Kier alpha value is -1.58. The third kappa shape index (κ3) is 2.81. The molecule has 0 atom stereocenters. The predicted molar refractivity (Wildman–Crippen MR) is 73.6 cm³/mol. The van der Waals surface area contributed by atoms with Gasteiger partial charge in [0.25, 0.3) is 0 Å². The van der Waals surface area contributed by atoms with E-state index in [1.165, 1.54) is 12.1 Å². The van der Waals surface area contributed by atoms with E-state index < -0.39 is 0 Å². The monoisotopic (exact) mass is 283 g/mol. The maximum Gasteiger partial charge on any atom is 0.124 e. The van der Waals surface area contributed by atoms with E-state index in [2.05, 4.69) is 5.32 Å². The fourth-order valence-electron chi connectivity index (χ4n) is 1.55. The highest BCUT2D eigenvalue weighted by Gasteiger charge is 2.07. The lowest BCUT2D eigenvalue weighted by Gasteiger charge is -2.11. The average Bonchev–Trinajstić information content (AvgIpc) is 2.31. The highest BCUT2D eigenvalue weighted by Crippen LogP contribution is 2.31. The van der Waals surface area contributed by atoms with E-state index in [9.17, 15) is 10.2 Å². The summed E-state index contributed by atoms with van der Waals surface area (Å²) >= 11 is 12.0. The number of benzene rings is 2. The van der Waals surface area contributed by atoms with Gasteiger partial charge in [0.05, 0.1) is 15.7 Å². The first-order valence-corrected chi connectivity index (χ1v) is 6.02. The summed E-state index contributed by atoms with van der Waals surface area (Å²) in [6.45, 7) is 0.357. The van der Waals surface area contributed by atoms with E-state index >= 15 is 0 Å². The van der Waals surface area contributed by atoms with Gasteiger partial charge in [0.2, 0.25) is 0 Å². The number of phenols is 2. The van der Waals surface area contributed by atoms with Gasteiger partial charge in [-0.3, -0.25) is 0 Å². The summed E-state index contributed by atoms with van der Waals surface area (Å²) in [5, 5.41) is 22.9. The van der Waals surface area contributed by atoms with E-state index in [1.807, 2.05) is 0 Å². The summed E-state index contributed by atoms with van der Waals surface area (Å²) in [5.74, 6) is 0.0395. The molecule has 94 valence electrons. The molecule has 3 N–H and O–H groups in total. The van der Waals surface area contributed by atoms with Crippen molar-refractivity contribution in [2.45, 2.75) is 6.54 Å². The summed E-state index contributed by atoms with van der Waals surface area (Å²) in [6.07, 6.45) is 0. The molecule has 0 fully saturated rings. The lowest BCUT2D eigenvalue weighted by atomic mass is 10.2. The molecule has 0 aliphatic heterocycles. The van der Waals surface area contributed by atoms with Crippen LogP contribution in [0.1, 0.15) is 5.56 Å². The Kier molecular flexibility index (Phi) is 3.84. The van der Waals surface area contributed by atoms with Gasteiger partial charge in [0.1, 0.15) is 11.5 Å². The third-order valence-electron chi connectivity index (χ3n) is 2.49. The molecule has 0 heterocycles. The number of rotatable bonds is 3. The van der Waals surface area contributed by atoms with Crippen molar-refractivity contribution < 1.29 is 10.2 Å². The van der Waals surface area contributed by atoms with Crippen molar-refractivity contribution >= 4 is 28.9 Å². The number of para-hydroxylation sites is 1. The lowest BCUT2D eigenvalue weighted by molar-refractivity contribution is 0.446. The Morgan fingerprint density at radius 1 is 1.00 bits per heavy atom. The summed E-state index contributed by atoms with van der Waals surface area (Å²) in [6, 6.07) is 9.63. The Balaban J connectivity index is 2.16. The van der Waals surface area contributed by atoms with Gasteiger partial charge < -0.3 is 15.5 Å². The smallest absolute Gasteiger partial charge is 0.124 e. The maximum atomic E-state index is 9.64. The summed E-state index contributed by atoms with van der Waals surface area (Å²) in [4.78, 5) is 0. The number of halogens is 2. The van der Waals surface area contributed by atoms with Gasteiger partial charge in [-0.1, -0.05) is 29.3 Å². The predicted octanol–water partition coefficient (Wildman–Crippen LogP) is 4.02. The Morgan fingerprint density at radius 3 is 2.28 bits per heavy atom. The van der Waals surface area contributed by atoms with Crippen LogP contribution in [0.4, 0.5) is 5.69 Å². The van der Waals surface area contributed by atoms with E-state index in [0.29, 0.717) is 27.8 Å². The number of hydrogen-bond donors (Lipinski definition) is 3. The fourth-order valence-corrected chi connectivity index (χ4v) is 2.08. The standard InChI is InChI=1S/C13H11Cl2NO2/c14-10-2-1-3-11(15)13(10)16-7-8-4-5-9(17)6-12(8)18/h1-6,16-18H,7H2. The Bertz CT molecular complexity index is 553. The molecule has 2 aromatic rings. The molecule has 0 radical (unpaired) electrons. The molecule has 2 rings (SSSR count). The molecule has 18 heavy (non-hydrogen) atoms.